The molecular formula is C9H16O. The van der Waals surface area contributed by atoms with Crippen molar-refractivity contribution in [2.24, 2.45) is 17.8 Å². The van der Waals surface area contributed by atoms with Crippen molar-refractivity contribution >= 4 is 6.29 Å². The normalized spacial score (nSPS) is 41.2. The molecule has 1 rings (SSSR count). The second kappa shape index (κ2) is 3.18. The molecule has 10 heavy (non-hydrogen) atoms. The molecule has 1 aliphatic carbocycles. The van der Waals surface area contributed by atoms with Gasteiger partial charge in [0.15, 0.2) is 0 Å². The average molecular weight is 140 g/mol. The minimum atomic E-state index is 0.358. The molecule has 0 unspecified atom stereocenters. The zero-order valence-electron chi connectivity index (χ0n) is 6.84. The lowest BCUT2D eigenvalue weighted by molar-refractivity contribution is -0.113. The minimum Gasteiger partial charge on any atom is -0.303 e. The summed E-state index contributed by atoms with van der Waals surface area (Å²) in [5, 5.41) is 0. The van der Waals surface area contributed by atoms with E-state index in [9.17, 15) is 4.79 Å². The van der Waals surface area contributed by atoms with Gasteiger partial charge in [0.05, 0.1) is 0 Å². The molecule has 0 heterocycles. The summed E-state index contributed by atoms with van der Waals surface area (Å²) in [7, 11) is 0. The Hall–Kier alpha value is -0.330. The van der Waals surface area contributed by atoms with E-state index in [2.05, 4.69) is 13.8 Å². The molecule has 0 aliphatic heterocycles. The fourth-order valence-corrected chi connectivity index (χ4v) is 1.89. The Bertz CT molecular complexity index is 120. The van der Waals surface area contributed by atoms with Crippen LogP contribution in [0.1, 0.15) is 33.1 Å². The van der Waals surface area contributed by atoms with Crippen molar-refractivity contribution in [2.75, 3.05) is 0 Å². The van der Waals surface area contributed by atoms with Gasteiger partial charge >= 0.3 is 0 Å². The Balaban J connectivity index is 2.43. The first-order valence-electron chi connectivity index (χ1n) is 4.19. The van der Waals surface area contributed by atoms with E-state index in [1.165, 1.54) is 12.8 Å². The van der Waals surface area contributed by atoms with Crippen molar-refractivity contribution in [1.82, 2.24) is 0 Å². The molecule has 1 nitrogen and oxygen atoms in total. The van der Waals surface area contributed by atoms with Gasteiger partial charge in [-0.3, -0.25) is 0 Å². The number of hydrogen-bond donors (Lipinski definition) is 0. The highest BCUT2D eigenvalue weighted by Gasteiger charge is 2.24. The molecule has 0 bridgehead atoms. The summed E-state index contributed by atoms with van der Waals surface area (Å²) in [5.41, 5.74) is 0. The lowest BCUT2D eigenvalue weighted by Gasteiger charge is -2.28. The molecule has 0 aromatic carbocycles. The quantitative estimate of drug-likeness (QED) is 0.510. The van der Waals surface area contributed by atoms with Gasteiger partial charge in [0.2, 0.25) is 0 Å². The third-order valence-electron chi connectivity index (χ3n) is 2.67. The van der Waals surface area contributed by atoms with E-state index in [0.717, 1.165) is 18.6 Å². The van der Waals surface area contributed by atoms with Gasteiger partial charge in [-0.2, -0.15) is 0 Å². The number of carbonyl (C=O) groups is 1. The molecule has 0 saturated heterocycles. The van der Waals surface area contributed by atoms with E-state index in [4.69, 9.17) is 0 Å². The molecular weight excluding hydrogens is 124 g/mol. The third-order valence-corrected chi connectivity index (χ3v) is 2.67. The van der Waals surface area contributed by atoms with Gasteiger partial charge in [0.1, 0.15) is 6.29 Å². The first-order valence-corrected chi connectivity index (χ1v) is 4.19. The predicted molar refractivity (Wildman–Crippen MR) is 41.7 cm³/mol. The van der Waals surface area contributed by atoms with Crippen LogP contribution >= 0.6 is 0 Å². The van der Waals surface area contributed by atoms with E-state index >= 15 is 0 Å². The smallest absolute Gasteiger partial charge is 0.123 e. The van der Waals surface area contributed by atoms with Gasteiger partial charge in [0.25, 0.3) is 0 Å². The van der Waals surface area contributed by atoms with Gasteiger partial charge < -0.3 is 4.79 Å². The summed E-state index contributed by atoms with van der Waals surface area (Å²) >= 11 is 0. The maximum absolute atomic E-state index is 10.5. The highest BCUT2D eigenvalue weighted by molar-refractivity contribution is 5.54. The molecule has 0 amide bonds. The highest BCUT2D eigenvalue weighted by atomic mass is 16.1. The molecule has 1 saturated carbocycles. The van der Waals surface area contributed by atoms with E-state index in [1.54, 1.807) is 0 Å². The number of hydrogen-bond acceptors (Lipinski definition) is 1. The van der Waals surface area contributed by atoms with Crippen molar-refractivity contribution in [3.8, 4) is 0 Å². The van der Waals surface area contributed by atoms with E-state index < -0.39 is 0 Å². The molecule has 0 spiro atoms. The van der Waals surface area contributed by atoms with Crippen LogP contribution < -0.4 is 0 Å². The van der Waals surface area contributed by atoms with Crippen LogP contribution in [0.4, 0.5) is 0 Å². The van der Waals surface area contributed by atoms with Gasteiger partial charge in [-0.1, -0.05) is 20.3 Å². The second-order valence-corrected chi connectivity index (χ2v) is 3.70. The fraction of sp³-hybridized carbons (Fsp3) is 0.889. The van der Waals surface area contributed by atoms with Crippen molar-refractivity contribution in [3.63, 3.8) is 0 Å². The number of aldehydes is 1. The number of carbonyl (C=O) groups excluding carboxylic acids is 1. The maximum atomic E-state index is 10.5. The SMILES string of the molecule is C[C@@H]1CC[C@H](C=O)[C@@H](C)C1. The summed E-state index contributed by atoms with van der Waals surface area (Å²) in [6.45, 7) is 4.46. The van der Waals surface area contributed by atoms with Crippen LogP contribution in [-0.4, -0.2) is 6.29 Å². The zero-order valence-corrected chi connectivity index (χ0v) is 6.84. The van der Waals surface area contributed by atoms with Gasteiger partial charge in [0, 0.05) is 5.92 Å². The summed E-state index contributed by atoms with van der Waals surface area (Å²) in [5.74, 6) is 1.82. The van der Waals surface area contributed by atoms with Gasteiger partial charge in [-0.25, -0.2) is 0 Å². The molecule has 3 atom stereocenters. The van der Waals surface area contributed by atoms with Crippen LogP contribution in [0, 0.1) is 17.8 Å². The average Bonchev–Trinajstić information content (AvgIpc) is 1.88. The van der Waals surface area contributed by atoms with Crippen LogP contribution in [0.15, 0.2) is 0 Å². The fourth-order valence-electron chi connectivity index (χ4n) is 1.89. The topological polar surface area (TPSA) is 17.1 Å². The van der Waals surface area contributed by atoms with E-state index in [0.29, 0.717) is 11.8 Å². The molecule has 0 radical (unpaired) electrons. The van der Waals surface area contributed by atoms with Crippen LogP contribution in [-0.2, 0) is 4.79 Å². The largest absolute Gasteiger partial charge is 0.303 e. The number of rotatable bonds is 1. The molecule has 0 aromatic heterocycles. The van der Waals surface area contributed by atoms with Gasteiger partial charge in [-0.15, -0.1) is 0 Å². The predicted octanol–water partition coefficient (Wildman–Crippen LogP) is 2.26. The molecule has 1 aliphatic rings. The van der Waals surface area contributed by atoms with Crippen molar-refractivity contribution in [1.29, 1.82) is 0 Å². The molecule has 0 aromatic rings. The second-order valence-electron chi connectivity index (χ2n) is 3.70. The van der Waals surface area contributed by atoms with Crippen molar-refractivity contribution in [3.05, 3.63) is 0 Å². The molecule has 1 heteroatoms. The van der Waals surface area contributed by atoms with Crippen LogP contribution in [0.5, 0.6) is 0 Å². The van der Waals surface area contributed by atoms with E-state index in [1.807, 2.05) is 0 Å². The van der Waals surface area contributed by atoms with Crippen molar-refractivity contribution < 1.29 is 4.79 Å². The van der Waals surface area contributed by atoms with E-state index in [-0.39, 0.29) is 0 Å². The summed E-state index contributed by atoms with van der Waals surface area (Å²) in [6.07, 6.45) is 4.74. The van der Waals surface area contributed by atoms with Gasteiger partial charge in [-0.05, 0) is 24.7 Å². The van der Waals surface area contributed by atoms with Crippen LogP contribution in [0.3, 0.4) is 0 Å². The first kappa shape index (κ1) is 7.77. The minimum absolute atomic E-state index is 0.358. The zero-order chi connectivity index (χ0) is 7.56. The summed E-state index contributed by atoms with van der Waals surface area (Å²) in [6, 6.07) is 0. The van der Waals surface area contributed by atoms with Crippen LogP contribution in [0.2, 0.25) is 0 Å². The highest BCUT2D eigenvalue weighted by Crippen LogP contribution is 2.31. The summed E-state index contributed by atoms with van der Waals surface area (Å²) < 4.78 is 0. The monoisotopic (exact) mass is 140 g/mol. The maximum Gasteiger partial charge on any atom is 0.123 e. The third kappa shape index (κ3) is 1.59. The summed E-state index contributed by atoms with van der Waals surface area (Å²) in [4.78, 5) is 10.5. The molecule has 58 valence electrons. The lowest BCUT2D eigenvalue weighted by Crippen LogP contribution is -2.22. The molecule has 0 N–H and O–H groups in total. The lowest BCUT2D eigenvalue weighted by atomic mass is 9.76. The molecule has 1 fully saturated rings. The first-order chi connectivity index (χ1) is 4.74. The van der Waals surface area contributed by atoms with Crippen LogP contribution in [0.25, 0.3) is 0 Å². The standard InChI is InChI=1S/C9H16O/c1-7-3-4-9(6-10)8(2)5-7/h6-9H,3-5H2,1-2H3/t7-,8+,9-/m1/s1. The Morgan fingerprint density at radius 2 is 2.00 bits per heavy atom. The Kier molecular flexibility index (Phi) is 2.47. The van der Waals surface area contributed by atoms with Crippen molar-refractivity contribution in [2.45, 2.75) is 33.1 Å². The Morgan fingerprint density at radius 1 is 1.30 bits per heavy atom. The Morgan fingerprint density at radius 3 is 2.50 bits per heavy atom. The Labute approximate surface area is 62.8 Å².